The minimum Gasteiger partial charge on any atom is -0.480 e. The molecule has 0 saturated carbocycles. The predicted molar refractivity (Wildman–Crippen MR) is 79.1 cm³/mol. The van der Waals surface area contributed by atoms with E-state index >= 15 is 0 Å². The van der Waals surface area contributed by atoms with E-state index in [1.54, 1.807) is 11.4 Å². The fraction of sp³-hybridized carbons (Fsp3) is 0.0909. The Labute approximate surface area is 125 Å². The van der Waals surface area contributed by atoms with Crippen molar-refractivity contribution in [2.75, 3.05) is 5.32 Å². The van der Waals surface area contributed by atoms with Gasteiger partial charge in [0, 0.05) is 8.95 Å². The molecule has 0 bridgehead atoms. The van der Waals surface area contributed by atoms with E-state index in [1.165, 1.54) is 23.5 Å². The first-order valence-electron chi connectivity index (χ1n) is 5.13. The van der Waals surface area contributed by atoms with Crippen LogP contribution in [0.4, 0.5) is 15.2 Å². The Bertz CT molecular complexity index is 620. The molecule has 0 aliphatic carbocycles. The van der Waals surface area contributed by atoms with Gasteiger partial charge in [0.2, 0.25) is 0 Å². The molecule has 0 aliphatic rings. The number of hydrogen-bond acceptors (Lipinski definition) is 5. The Morgan fingerprint density at radius 1 is 1.58 bits per heavy atom. The fourth-order valence-corrected chi connectivity index (χ4v) is 2.69. The Morgan fingerprint density at radius 3 is 2.95 bits per heavy atom. The number of nitrogens with zero attached hydrogens (tertiary/aromatic N) is 1. The lowest BCUT2D eigenvalue weighted by Gasteiger charge is -2.05. The van der Waals surface area contributed by atoms with E-state index in [-0.39, 0.29) is 11.5 Å². The van der Waals surface area contributed by atoms with Gasteiger partial charge in [0.15, 0.2) is 5.13 Å². The number of benzene rings is 1. The molecule has 19 heavy (non-hydrogen) atoms. The second kappa shape index (κ2) is 5.80. The number of aromatic nitrogens is 1. The largest absolute Gasteiger partial charge is 0.480 e. The molecule has 5 nitrogen and oxygen atoms in total. The third-order valence-electron chi connectivity index (χ3n) is 2.28. The number of carboxylic acid groups (broad SMARTS) is 1. The van der Waals surface area contributed by atoms with Crippen molar-refractivity contribution < 1.29 is 14.3 Å². The van der Waals surface area contributed by atoms with Crippen LogP contribution in [0.5, 0.6) is 0 Å². The molecule has 1 aromatic heterocycles. The summed E-state index contributed by atoms with van der Waals surface area (Å²) in [5.74, 6) is -1.45. The molecule has 0 radical (unpaired) electrons. The number of hydrogen-bond donors (Lipinski definition) is 3. The summed E-state index contributed by atoms with van der Waals surface area (Å²) in [7, 11) is 0. The van der Waals surface area contributed by atoms with E-state index in [1.807, 2.05) is 22.6 Å². The van der Waals surface area contributed by atoms with Crippen molar-refractivity contribution in [3.8, 4) is 0 Å². The monoisotopic (exact) mass is 393 g/mol. The summed E-state index contributed by atoms with van der Waals surface area (Å²) in [6.45, 7) is 0. The molecule has 4 N–H and O–H groups in total. The molecular formula is C11H9FIN3O2S. The first kappa shape index (κ1) is 14.2. The Balaban J connectivity index is 2.18. The van der Waals surface area contributed by atoms with Gasteiger partial charge >= 0.3 is 5.97 Å². The zero-order valence-electron chi connectivity index (χ0n) is 9.43. The van der Waals surface area contributed by atoms with E-state index in [9.17, 15) is 9.18 Å². The minimum absolute atomic E-state index is 0.289. The van der Waals surface area contributed by atoms with E-state index in [0.29, 0.717) is 14.4 Å². The number of nitrogens with one attached hydrogen (secondary N) is 1. The maximum Gasteiger partial charge on any atom is 0.326 e. The van der Waals surface area contributed by atoms with E-state index in [4.69, 9.17) is 10.8 Å². The van der Waals surface area contributed by atoms with Gasteiger partial charge in [-0.25, -0.2) is 9.37 Å². The zero-order chi connectivity index (χ0) is 14.0. The molecule has 0 fully saturated rings. The van der Waals surface area contributed by atoms with Crippen LogP contribution in [-0.2, 0) is 4.79 Å². The van der Waals surface area contributed by atoms with Crippen LogP contribution in [0.1, 0.15) is 11.7 Å². The van der Waals surface area contributed by atoms with Gasteiger partial charge in [-0.15, -0.1) is 11.3 Å². The van der Waals surface area contributed by atoms with Crippen molar-refractivity contribution >= 4 is 50.7 Å². The SMILES string of the molecule is NC(C(=O)O)c1csc(Nc2ccc(F)cc2I)n1. The highest BCUT2D eigenvalue weighted by atomic mass is 127. The molecule has 2 rings (SSSR count). The highest BCUT2D eigenvalue weighted by molar-refractivity contribution is 14.1. The summed E-state index contributed by atoms with van der Waals surface area (Å²) in [6, 6.07) is 3.18. The minimum atomic E-state index is -1.14. The first-order valence-corrected chi connectivity index (χ1v) is 7.09. The van der Waals surface area contributed by atoms with Crippen molar-refractivity contribution in [2.24, 2.45) is 5.73 Å². The number of aliphatic carboxylic acids is 1. The summed E-state index contributed by atoms with van der Waals surface area (Å²) < 4.78 is 13.7. The fourth-order valence-electron chi connectivity index (χ4n) is 1.32. The van der Waals surface area contributed by atoms with Crippen molar-refractivity contribution in [2.45, 2.75) is 6.04 Å². The molecule has 100 valence electrons. The standard InChI is InChI=1S/C11H9FIN3O2S/c12-5-1-2-7(6(13)3-5)15-11-16-8(4-19-11)9(14)10(17)18/h1-4,9H,14H2,(H,15,16)(H,17,18). The number of carboxylic acids is 1. The van der Waals surface area contributed by atoms with Crippen LogP contribution < -0.4 is 11.1 Å². The van der Waals surface area contributed by atoms with Gasteiger partial charge in [0.25, 0.3) is 0 Å². The lowest BCUT2D eigenvalue weighted by molar-refractivity contribution is -0.138. The van der Waals surface area contributed by atoms with Crippen LogP contribution in [0.25, 0.3) is 0 Å². The van der Waals surface area contributed by atoms with Crippen LogP contribution in [-0.4, -0.2) is 16.1 Å². The molecule has 0 amide bonds. The summed E-state index contributed by atoms with van der Waals surface area (Å²) in [5.41, 5.74) is 6.45. The Kier molecular flexibility index (Phi) is 4.32. The highest BCUT2D eigenvalue weighted by Crippen LogP contribution is 2.26. The molecule has 2 aromatic rings. The van der Waals surface area contributed by atoms with Crippen molar-refractivity contribution in [3.63, 3.8) is 0 Å². The van der Waals surface area contributed by atoms with Crippen LogP contribution in [0.3, 0.4) is 0 Å². The topological polar surface area (TPSA) is 88.2 Å². The summed E-state index contributed by atoms with van der Waals surface area (Å²) >= 11 is 3.24. The average molecular weight is 393 g/mol. The van der Waals surface area contributed by atoms with E-state index in [2.05, 4.69) is 10.3 Å². The number of anilines is 2. The molecule has 0 spiro atoms. The quantitative estimate of drug-likeness (QED) is 0.696. The number of nitrogens with two attached hydrogens (primary N) is 1. The summed E-state index contributed by atoms with van der Waals surface area (Å²) in [5, 5.41) is 13.9. The number of rotatable bonds is 4. The first-order chi connectivity index (χ1) is 8.97. The maximum absolute atomic E-state index is 13.0. The number of carbonyl (C=O) groups is 1. The second-order valence-corrected chi connectivity index (χ2v) is 5.66. The summed E-state index contributed by atoms with van der Waals surface area (Å²) in [6.07, 6.45) is 0. The van der Waals surface area contributed by atoms with Crippen LogP contribution >= 0.6 is 33.9 Å². The van der Waals surface area contributed by atoms with Gasteiger partial charge in [-0.2, -0.15) is 0 Å². The number of halogens is 2. The van der Waals surface area contributed by atoms with Crippen LogP contribution in [0.2, 0.25) is 0 Å². The summed E-state index contributed by atoms with van der Waals surface area (Å²) in [4.78, 5) is 14.8. The van der Waals surface area contributed by atoms with Crippen LogP contribution in [0, 0.1) is 9.39 Å². The Hall–Kier alpha value is -1.26. The average Bonchev–Trinajstić information content (AvgIpc) is 2.80. The lowest BCUT2D eigenvalue weighted by Crippen LogP contribution is -2.20. The third kappa shape index (κ3) is 3.39. The molecule has 1 aromatic carbocycles. The van der Waals surface area contributed by atoms with Crippen molar-refractivity contribution in [1.29, 1.82) is 0 Å². The Morgan fingerprint density at radius 2 is 2.32 bits per heavy atom. The highest BCUT2D eigenvalue weighted by Gasteiger charge is 2.17. The van der Waals surface area contributed by atoms with Gasteiger partial charge in [-0.05, 0) is 40.8 Å². The maximum atomic E-state index is 13.0. The van der Waals surface area contributed by atoms with Crippen molar-refractivity contribution in [3.05, 3.63) is 38.7 Å². The zero-order valence-corrected chi connectivity index (χ0v) is 12.4. The van der Waals surface area contributed by atoms with E-state index < -0.39 is 12.0 Å². The lowest BCUT2D eigenvalue weighted by atomic mass is 10.2. The molecular weight excluding hydrogens is 384 g/mol. The molecule has 8 heteroatoms. The molecule has 0 saturated heterocycles. The molecule has 1 atom stereocenters. The van der Waals surface area contributed by atoms with E-state index in [0.717, 1.165) is 0 Å². The van der Waals surface area contributed by atoms with Gasteiger partial charge in [0.1, 0.15) is 11.9 Å². The van der Waals surface area contributed by atoms with Gasteiger partial charge in [-0.1, -0.05) is 0 Å². The van der Waals surface area contributed by atoms with Gasteiger partial charge in [0.05, 0.1) is 11.4 Å². The van der Waals surface area contributed by atoms with Gasteiger partial charge < -0.3 is 16.2 Å². The third-order valence-corrected chi connectivity index (χ3v) is 3.95. The van der Waals surface area contributed by atoms with Crippen LogP contribution in [0.15, 0.2) is 23.6 Å². The second-order valence-electron chi connectivity index (χ2n) is 3.64. The predicted octanol–water partition coefficient (Wildman–Crippen LogP) is 2.71. The molecule has 0 aliphatic heterocycles. The molecule has 1 unspecified atom stereocenters. The molecule has 1 heterocycles. The normalized spacial score (nSPS) is 12.2. The smallest absolute Gasteiger partial charge is 0.326 e. The van der Waals surface area contributed by atoms with Crippen molar-refractivity contribution in [1.82, 2.24) is 4.98 Å². The number of thiazole rings is 1. The van der Waals surface area contributed by atoms with Gasteiger partial charge in [-0.3, -0.25) is 4.79 Å².